The minimum atomic E-state index is -0.344. The van der Waals surface area contributed by atoms with Crippen molar-refractivity contribution < 1.29 is 19.1 Å². The van der Waals surface area contributed by atoms with E-state index in [4.69, 9.17) is 9.47 Å². The van der Waals surface area contributed by atoms with Gasteiger partial charge in [-0.2, -0.15) is 0 Å². The molecule has 0 aromatic carbocycles. The molecule has 0 radical (unpaired) electrons. The quantitative estimate of drug-likeness (QED) is 0.446. The van der Waals surface area contributed by atoms with Crippen LogP contribution in [0.4, 0.5) is 0 Å². The van der Waals surface area contributed by atoms with Crippen molar-refractivity contribution in [1.82, 2.24) is 0 Å². The van der Waals surface area contributed by atoms with Gasteiger partial charge in [0, 0.05) is 6.42 Å². The van der Waals surface area contributed by atoms with Gasteiger partial charge in [-0.1, -0.05) is 33.6 Å². The Morgan fingerprint density at radius 1 is 1.00 bits per heavy atom. The van der Waals surface area contributed by atoms with E-state index in [2.05, 4.69) is 6.92 Å². The molecule has 0 amide bonds. The van der Waals surface area contributed by atoms with Crippen molar-refractivity contribution in [2.45, 2.75) is 71.8 Å². The topological polar surface area (TPSA) is 52.6 Å². The summed E-state index contributed by atoms with van der Waals surface area (Å²) in [6.07, 6.45) is 4.66. The minimum absolute atomic E-state index is 0.163. The van der Waals surface area contributed by atoms with Gasteiger partial charge in [-0.15, -0.1) is 0 Å². The predicted molar refractivity (Wildman–Crippen MR) is 70.2 cm³/mol. The van der Waals surface area contributed by atoms with Crippen molar-refractivity contribution in [2.24, 2.45) is 0 Å². The van der Waals surface area contributed by atoms with Crippen molar-refractivity contribution in [2.75, 3.05) is 6.61 Å². The summed E-state index contributed by atoms with van der Waals surface area (Å²) in [7, 11) is 0. The molecule has 4 nitrogen and oxygen atoms in total. The molecule has 0 heterocycles. The fraction of sp³-hybridized carbons (Fsp3) is 0.857. The van der Waals surface area contributed by atoms with Crippen molar-refractivity contribution in [3.63, 3.8) is 0 Å². The highest BCUT2D eigenvalue weighted by molar-refractivity contribution is 5.72. The van der Waals surface area contributed by atoms with E-state index >= 15 is 0 Å². The Hall–Kier alpha value is -1.06. The highest BCUT2D eigenvalue weighted by Crippen LogP contribution is 2.09. The zero-order valence-corrected chi connectivity index (χ0v) is 11.9. The standard InChI is InChI=1S/C14H26O4/c1-4-7-8-9-13(15)18-12(6-3)11-14(16)17-10-5-2/h12H,4-11H2,1-3H3. The Bertz CT molecular complexity index is 238. The second-order valence-corrected chi connectivity index (χ2v) is 4.40. The Balaban J connectivity index is 3.87. The van der Waals surface area contributed by atoms with Crippen molar-refractivity contribution in [1.29, 1.82) is 0 Å². The molecule has 0 saturated carbocycles. The van der Waals surface area contributed by atoms with E-state index in [1.165, 1.54) is 0 Å². The Morgan fingerprint density at radius 2 is 1.72 bits per heavy atom. The SMILES string of the molecule is CCCCCC(=O)OC(CC)CC(=O)OCCC. The van der Waals surface area contributed by atoms with Crippen LogP contribution in [0, 0.1) is 0 Å². The molecular formula is C14H26O4. The fourth-order valence-electron chi connectivity index (χ4n) is 1.49. The van der Waals surface area contributed by atoms with Gasteiger partial charge >= 0.3 is 11.9 Å². The van der Waals surface area contributed by atoms with E-state index in [9.17, 15) is 9.59 Å². The van der Waals surface area contributed by atoms with E-state index < -0.39 is 0 Å². The van der Waals surface area contributed by atoms with Gasteiger partial charge in [0.15, 0.2) is 0 Å². The molecule has 1 unspecified atom stereocenters. The molecule has 106 valence electrons. The van der Waals surface area contributed by atoms with Gasteiger partial charge < -0.3 is 9.47 Å². The summed E-state index contributed by atoms with van der Waals surface area (Å²) in [5.74, 6) is -0.497. The fourth-order valence-corrected chi connectivity index (χ4v) is 1.49. The van der Waals surface area contributed by atoms with E-state index in [-0.39, 0.29) is 24.5 Å². The van der Waals surface area contributed by atoms with E-state index in [0.29, 0.717) is 19.4 Å². The first-order valence-electron chi connectivity index (χ1n) is 6.99. The van der Waals surface area contributed by atoms with E-state index in [1.807, 2.05) is 13.8 Å². The maximum absolute atomic E-state index is 11.5. The molecule has 0 fully saturated rings. The minimum Gasteiger partial charge on any atom is -0.466 e. The van der Waals surface area contributed by atoms with Gasteiger partial charge in [0.1, 0.15) is 6.10 Å². The first-order valence-corrected chi connectivity index (χ1v) is 6.99. The van der Waals surface area contributed by atoms with Gasteiger partial charge in [-0.25, -0.2) is 0 Å². The first kappa shape index (κ1) is 16.9. The molecule has 0 aromatic rings. The van der Waals surface area contributed by atoms with Crippen LogP contribution in [0.15, 0.2) is 0 Å². The number of hydrogen-bond acceptors (Lipinski definition) is 4. The first-order chi connectivity index (χ1) is 8.63. The van der Waals surface area contributed by atoms with Crippen LogP contribution in [-0.4, -0.2) is 24.6 Å². The molecule has 0 spiro atoms. The summed E-state index contributed by atoms with van der Waals surface area (Å²) in [5.41, 5.74) is 0. The lowest BCUT2D eigenvalue weighted by Crippen LogP contribution is -2.22. The van der Waals surface area contributed by atoms with Crippen LogP contribution in [0.2, 0.25) is 0 Å². The molecule has 0 bridgehead atoms. The molecule has 0 aromatic heterocycles. The average molecular weight is 258 g/mol. The third kappa shape index (κ3) is 9.02. The zero-order chi connectivity index (χ0) is 13.8. The lowest BCUT2D eigenvalue weighted by molar-refractivity contribution is -0.155. The molecule has 0 rings (SSSR count). The maximum atomic E-state index is 11.5. The lowest BCUT2D eigenvalue weighted by Gasteiger charge is -2.15. The zero-order valence-electron chi connectivity index (χ0n) is 11.9. The van der Waals surface area contributed by atoms with Crippen LogP contribution in [-0.2, 0) is 19.1 Å². The highest BCUT2D eigenvalue weighted by Gasteiger charge is 2.17. The maximum Gasteiger partial charge on any atom is 0.309 e. The Labute approximate surface area is 110 Å². The lowest BCUT2D eigenvalue weighted by atomic mass is 10.2. The second kappa shape index (κ2) is 11.1. The van der Waals surface area contributed by atoms with Crippen LogP contribution in [0.5, 0.6) is 0 Å². The normalized spacial score (nSPS) is 11.9. The number of carbonyl (C=O) groups excluding carboxylic acids is 2. The molecule has 0 aliphatic carbocycles. The predicted octanol–water partition coefficient (Wildman–Crippen LogP) is 3.23. The van der Waals surface area contributed by atoms with E-state index in [0.717, 1.165) is 25.7 Å². The van der Waals surface area contributed by atoms with Crippen molar-refractivity contribution >= 4 is 11.9 Å². The Morgan fingerprint density at radius 3 is 2.28 bits per heavy atom. The molecule has 1 atom stereocenters. The third-order valence-corrected chi connectivity index (χ3v) is 2.60. The van der Waals surface area contributed by atoms with Crippen LogP contribution >= 0.6 is 0 Å². The third-order valence-electron chi connectivity index (χ3n) is 2.60. The number of hydrogen-bond donors (Lipinski definition) is 0. The van der Waals surface area contributed by atoms with Gasteiger partial charge in [0.25, 0.3) is 0 Å². The number of carbonyl (C=O) groups is 2. The van der Waals surface area contributed by atoms with Gasteiger partial charge in [0.2, 0.25) is 0 Å². The monoisotopic (exact) mass is 258 g/mol. The van der Waals surface area contributed by atoms with Crippen LogP contribution < -0.4 is 0 Å². The summed E-state index contributed by atoms with van der Waals surface area (Å²) < 4.78 is 10.2. The molecule has 0 aliphatic rings. The van der Waals surface area contributed by atoms with Crippen LogP contribution in [0.25, 0.3) is 0 Å². The molecule has 18 heavy (non-hydrogen) atoms. The number of esters is 2. The van der Waals surface area contributed by atoms with Crippen LogP contribution in [0.3, 0.4) is 0 Å². The Kier molecular flexibility index (Phi) is 10.4. The summed E-state index contributed by atoms with van der Waals surface area (Å²) in [4.78, 5) is 22.9. The summed E-state index contributed by atoms with van der Waals surface area (Å²) in [5, 5.41) is 0. The van der Waals surface area contributed by atoms with Crippen LogP contribution in [0.1, 0.15) is 65.7 Å². The highest BCUT2D eigenvalue weighted by atomic mass is 16.6. The smallest absolute Gasteiger partial charge is 0.309 e. The largest absolute Gasteiger partial charge is 0.466 e. The molecule has 0 saturated heterocycles. The summed E-state index contributed by atoms with van der Waals surface area (Å²) in [6, 6.07) is 0. The molecule has 0 aliphatic heterocycles. The van der Waals surface area contributed by atoms with E-state index in [1.54, 1.807) is 0 Å². The summed E-state index contributed by atoms with van der Waals surface area (Å²) in [6.45, 7) is 6.36. The summed E-state index contributed by atoms with van der Waals surface area (Å²) >= 11 is 0. The molecular weight excluding hydrogens is 232 g/mol. The number of ether oxygens (including phenoxy) is 2. The van der Waals surface area contributed by atoms with Gasteiger partial charge in [0.05, 0.1) is 13.0 Å². The number of unbranched alkanes of at least 4 members (excludes halogenated alkanes) is 2. The molecule has 0 N–H and O–H groups in total. The van der Waals surface area contributed by atoms with Gasteiger partial charge in [-0.05, 0) is 19.3 Å². The van der Waals surface area contributed by atoms with Crippen molar-refractivity contribution in [3.8, 4) is 0 Å². The molecule has 4 heteroatoms. The van der Waals surface area contributed by atoms with Gasteiger partial charge in [-0.3, -0.25) is 9.59 Å². The average Bonchev–Trinajstić information content (AvgIpc) is 2.35. The second-order valence-electron chi connectivity index (χ2n) is 4.40. The van der Waals surface area contributed by atoms with Crippen molar-refractivity contribution in [3.05, 3.63) is 0 Å². The number of rotatable bonds is 10.